The third-order valence-corrected chi connectivity index (χ3v) is 4.01. The van der Waals surface area contributed by atoms with E-state index in [0.717, 1.165) is 4.47 Å². The van der Waals surface area contributed by atoms with Crippen molar-refractivity contribution in [3.8, 4) is 0 Å². The fraction of sp³-hybridized carbons (Fsp3) is 0.167. The molecule has 2 rings (SSSR count). The first-order valence-electron chi connectivity index (χ1n) is 4.98. The van der Waals surface area contributed by atoms with Gasteiger partial charge in [0.25, 0.3) is 0 Å². The highest BCUT2D eigenvalue weighted by atomic mass is 79.9. The second kappa shape index (κ2) is 5.10. The second-order valence-corrected chi connectivity index (χ2v) is 5.83. The highest BCUT2D eigenvalue weighted by Crippen LogP contribution is 2.28. The first-order chi connectivity index (χ1) is 7.70. The number of hydrogen-bond donors (Lipinski definition) is 2. The van der Waals surface area contributed by atoms with E-state index in [9.17, 15) is 0 Å². The predicted molar refractivity (Wildman–Crippen MR) is 72.4 cm³/mol. The molecule has 4 heteroatoms. The molecule has 1 aromatic heterocycles. The van der Waals surface area contributed by atoms with Crippen LogP contribution in [-0.4, -0.2) is 0 Å². The summed E-state index contributed by atoms with van der Waals surface area (Å²) >= 11 is 5.19. The van der Waals surface area contributed by atoms with Gasteiger partial charge >= 0.3 is 0 Å². The number of hydrazine groups is 1. The molecule has 3 N–H and O–H groups in total. The topological polar surface area (TPSA) is 38.0 Å². The van der Waals surface area contributed by atoms with Crippen LogP contribution in [0.3, 0.4) is 0 Å². The first-order valence-corrected chi connectivity index (χ1v) is 6.59. The number of rotatable bonds is 3. The van der Waals surface area contributed by atoms with Gasteiger partial charge < -0.3 is 0 Å². The van der Waals surface area contributed by atoms with Crippen LogP contribution in [0.5, 0.6) is 0 Å². The molecule has 0 aliphatic rings. The van der Waals surface area contributed by atoms with Gasteiger partial charge in [-0.3, -0.25) is 5.84 Å². The van der Waals surface area contributed by atoms with Crippen molar-refractivity contribution in [2.24, 2.45) is 5.84 Å². The molecule has 0 saturated heterocycles. The number of nitrogens with two attached hydrogens (primary N) is 1. The number of hydrogen-bond acceptors (Lipinski definition) is 3. The molecular weight excluding hydrogens is 284 g/mol. The van der Waals surface area contributed by atoms with Crippen LogP contribution in [0.15, 0.2) is 40.9 Å². The molecule has 1 aromatic carbocycles. The fourth-order valence-electron chi connectivity index (χ4n) is 1.61. The van der Waals surface area contributed by atoms with Crippen LogP contribution in [0.25, 0.3) is 0 Å². The lowest BCUT2D eigenvalue weighted by Gasteiger charge is -2.14. The minimum atomic E-state index is 0.0757. The van der Waals surface area contributed by atoms with E-state index in [4.69, 9.17) is 5.84 Å². The summed E-state index contributed by atoms with van der Waals surface area (Å²) < 4.78 is 1.08. The van der Waals surface area contributed by atoms with Crippen LogP contribution in [-0.2, 0) is 0 Å². The van der Waals surface area contributed by atoms with Gasteiger partial charge in [0.15, 0.2) is 0 Å². The molecule has 2 aromatic rings. The molecule has 0 saturated carbocycles. The summed E-state index contributed by atoms with van der Waals surface area (Å²) in [5, 5.41) is 0. The Hall–Kier alpha value is -0.680. The standard InChI is InChI=1S/C12H13BrN2S/c1-8-2-7-11(16-8)12(15-14)9-3-5-10(13)6-4-9/h2-7,12,15H,14H2,1H3. The average molecular weight is 297 g/mol. The van der Waals surface area contributed by atoms with E-state index in [1.165, 1.54) is 15.3 Å². The second-order valence-electron chi connectivity index (χ2n) is 3.60. The predicted octanol–water partition coefficient (Wildman–Crippen LogP) is 3.37. The summed E-state index contributed by atoms with van der Waals surface area (Å²) in [6.07, 6.45) is 0. The van der Waals surface area contributed by atoms with Crippen LogP contribution in [0.4, 0.5) is 0 Å². The zero-order valence-electron chi connectivity index (χ0n) is 8.91. The van der Waals surface area contributed by atoms with Crippen LogP contribution in [0.2, 0.25) is 0 Å². The van der Waals surface area contributed by atoms with Gasteiger partial charge in [-0.05, 0) is 36.8 Å². The van der Waals surface area contributed by atoms with Crippen molar-refractivity contribution in [1.82, 2.24) is 5.43 Å². The number of halogens is 1. The van der Waals surface area contributed by atoms with Gasteiger partial charge in [-0.1, -0.05) is 28.1 Å². The normalized spacial score (nSPS) is 12.7. The summed E-state index contributed by atoms with van der Waals surface area (Å²) in [5.41, 5.74) is 4.04. The summed E-state index contributed by atoms with van der Waals surface area (Å²) in [6, 6.07) is 12.5. The van der Waals surface area contributed by atoms with Gasteiger partial charge in [0.1, 0.15) is 0 Å². The Bertz CT molecular complexity index is 464. The van der Waals surface area contributed by atoms with Crippen LogP contribution < -0.4 is 11.3 Å². The number of thiophene rings is 1. The van der Waals surface area contributed by atoms with E-state index in [2.05, 4.69) is 52.5 Å². The SMILES string of the molecule is Cc1ccc(C(NN)c2ccc(Br)cc2)s1. The van der Waals surface area contributed by atoms with Gasteiger partial charge in [-0.2, -0.15) is 0 Å². The lowest BCUT2D eigenvalue weighted by molar-refractivity contribution is 0.646. The molecule has 0 spiro atoms. The molecule has 2 nitrogen and oxygen atoms in total. The number of nitrogens with one attached hydrogen (secondary N) is 1. The minimum Gasteiger partial charge on any atom is -0.271 e. The Morgan fingerprint density at radius 2 is 1.88 bits per heavy atom. The van der Waals surface area contributed by atoms with Crippen LogP contribution in [0.1, 0.15) is 21.4 Å². The van der Waals surface area contributed by atoms with Gasteiger partial charge in [-0.15, -0.1) is 11.3 Å². The Kier molecular flexibility index (Phi) is 3.76. The van der Waals surface area contributed by atoms with Crippen LogP contribution in [0, 0.1) is 6.92 Å². The Morgan fingerprint density at radius 3 is 2.38 bits per heavy atom. The van der Waals surface area contributed by atoms with Crippen molar-refractivity contribution in [2.75, 3.05) is 0 Å². The maximum atomic E-state index is 5.63. The molecular formula is C12H13BrN2S. The molecule has 0 amide bonds. The van der Waals surface area contributed by atoms with Crippen molar-refractivity contribution in [1.29, 1.82) is 0 Å². The first kappa shape index (κ1) is 11.8. The van der Waals surface area contributed by atoms with Gasteiger partial charge in [-0.25, -0.2) is 5.43 Å². The maximum Gasteiger partial charge on any atom is 0.0802 e. The van der Waals surface area contributed by atoms with Gasteiger partial charge in [0.2, 0.25) is 0 Å². The lowest BCUT2D eigenvalue weighted by Crippen LogP contribution is -2.28. The van der Waals surface area contributed by atoms with Crippen molar-refractivity contribution < 1.29 is 0 Å². The highest BCUT2D eigenvalue weighted by Gasteiger charge is 2.13. The quantitative estimate of drug-likeness (QED) is 0.673. The third-order valence-electron chi connectivity index (χ3n) is 2.42. The van der Waals surface area contributed by atoms with E-state index in [-0.39, 0.29) is 6.04 Å². The van der Waals surface area contributed by atoms with E-state index in [0.29, 0.717) is 0 Å². The largest absolute Gasteiger partial charge is 0.271 e. The summed E-state index contributed by atoms with van der Waals surface area (Å²) in [5.74, 6) is 5.63. The van der Waals surface area contributed by atoms with Gasteiger partial charge in [0, 0.05) is 14.2 Å². The Morgan fingerprint density at radius 1 is 1.19 bits per heavy atom. The zero-order valence-corrected chi connectivity index (χ0v) is 11.3. The number of aryl methyl sites for hydroxylation is 1. The molecule has 84 valence electrons. The molecule has 0 bridgehead atoms. The Labute approximate surface area is 108 Å². The molecule has 1 heterocycles. The average Bonchev–Trinajstić information content (AvgIpc) is 2.69. The molecule has 0 aliphatic carbocycles. The summed E-state index contributed by atoms with van der Waals surface area (Å²) in [6.45, 7) is 2.10. The Balaban J connectivity index is 2.32. The van der Waals surface area contributed by atoms with Crippen molar-refractivity contribution in [2.45, 2.75) is 13.0 Å². The van der Waals surface area contributed by atoms with E-state index in [1.807, 2.05) is 12.1 Å². The monoisotopic (exact) mass is 296 g/mol. The molecule has 1 atom stereocenters. The van der Waals surface area contributed by atoms with Crippen molar-refractivity contribution >= 4 is 27.3 Å². The molecule has 1 unspecified atom stereocenters. The minimum absolute atomic E-state index is 0.0757. The van der Waals surface area contributed by atoms with E-state index in [1.54, 1.807) is 11.3 Å². The summed E-state index contributed by atoms with van der Waals surface area (Å²) in [7, 11) is 0. The van der Waals surface area contributed by atoms with Crippen molar-refractivity contribution in [3.05, 3.63) is 56.2 Å². The third kappa shape index (κ3) is 2.52. The van der Waals surface area contributed by atoms with Crippen LogP contribution >= 0.6 is 27.3 Å². The lowest BCUT2D eigenvalue weighted by atomic mass is 10.1. The number of benzene rings is 1. The molecule has 0 radical (unpaired) electrons. The summed E-state index contributed by atoms with van der Waals surface area (Å²) in [4.78, 5) is 2.54. The van der Waals surface area contributed by atoms with E-state index < -0.39 is 0 Å². The van der Waals surface area contributed by atoms with Gasteiger partial charge in [0.05, 0.1) is 6.04 Å². The zero-order chi connectivity index (χ0) is 11.5. The highest BCUT2D eigenvalue weighted by molar-refractivity contribution is 9.10. The fourth-order valence-corrected chi connectivity index (χ4v) is 2.84. The maximum absolute atomic E-state index is 5.63. The smallest absolute Gasteiger partial charge is 0.0802 e. The van der Waals surface area contributed by atoms with E-state index >= 15 is 0 Å². The molecule has 0 fully saturated rings. The molecule has 16 heavy (non-hydrogen) atoms. The molecule has 0 aliphatic heterocycles. The van der Waals surface area contributed by atoms with Crippen molar-refractivity contribution in [3.63, 3.8) is 0 Å².